The van der Waals surface area contributed by atoms with Crippen LogP contribution in [0.2, 0.25) is 0 Å². The van der Waals surface area contributed by atoms with Crippen molar-refractivity contribution in [3.8, 4) is 0 Å². The summed E-state index contributed by atoms with van der Waals surface area (Å²) >= 11 is 0. The minimum Gasteiger partial charge on any atom is -0.330 e. The molecule has 17 heavy (non-hydrogen) atoms. The molecule has 0 amide bonds. The minimum absolute atomic E-state index is 0.370. The third kappa shape index (κ3) is 5.20. The molecule has 0 aliphatic heterocycles. The largest absolute Gasteiger partial charge is 0.330 e. The molecule has 0 heterocycles. The number of ketones is 1. The first kappa shape index (κ1) is 14.7. The molecule has 1 aliphatic carbocycles. The Bertz CT molecular complexity index is 227. The van der Waals surface area contributed by atoms with Crippen molar-refractivity contribution in [2.24, 2.45) is 23.5 Å². The topological polar surface area (TPSA) is 43.1 Å². The fourth-order valence-electron chi connectivity index (χ4n) is 3.07. The van der Waals surface area contributed by atoms with E-state index < -0.39 is 0 Å². The molecule has 2 heteroatoms. The van der Waals surface area contributed by atoms with Gasteiger partial charge in [-0.3, -0.25) is 4.79 Å². The van der Waals surface area contributed by atoms with Crippen LogP contribution in [0.3, 0.4) is 0 Å². The maximum Gasteiger partial charge on any atom is 0.135 e. The van der Waals surface area contributed by atoms with Crippen molar-refractivity contribution in [1.82, 2.24) is 0 Å². The number of hydrogen-bond acceptors (Lipinski definition) is 2. The van der Waals surface area contributed by atoms with Crippen LogP contribution in [0.15, 0.2) is 0 Å². The van der Waals surface area contributed by atoms with Gasteiger partial charge in [0.2, 0.25) is 0 Å². The van der Waals surface area contributed by atoms with Gasteiger partial charge in [-0.15, -0.1) is 0 Å². The zero-order chi connectivity index (χ0) is 12.7. The van der Waals surface area contributed by atoms with E-state index in [0.29, 0.717) is 17.6 Å². The molecule has 0 aromatic heterocycles. The van der Waals surface area contributed by atoms with Crippen molar-refractivity contribution in [3.63, 3.8) is 0 Å². The molecule has 0 aromatic carbocycles. The lowest BCUT2D eigenvalue weighted by molar-refractivity contribution is -0.124. The molecule has 1 aliphatic rings. The highest BCUT2D eigenvalue weighted by molar-refractivity contribution is 5.81. The first-order chi connectivity index (χ1) is 8.17. The van der Waals surface area contributed by atoms with E-state index in [1.54, 1.807) is 0 Å². The van der Waals surface area contributed by atoms with Crippen LogP contribution in [0.25, 0.3) is 0 Å². The van der Waals surface area contributed by atoms with Crippen LogP contribution in [-0.2, 0) is 4.79 Å². The van der Waals surface area contributed by atoms with Gasteiger partial charge in [-0.25, -0.2) is 0 Å². The van der Waals surface area contributed by atoms with E-state index in [4.69, 9.17) is 5.73 Å². The van der Waals surface area contributed by atoms with Gasteiger partial charge in [0.1, 0.15) is 5.78 Å². The van der Waals surface area contributed by atoms with Crippen molar-refractivity contribution in [1.29, 1.82) is 0 Å². The maximum atomic E-state index is 12.1. The van der Waals surface area contributed by atoms with Crippen molar-refractivity contribution >= 4 is 5.78 Å². The molecule has 0 saturated heterocycles. The second-order valence-corrected chi connectivity index (χ2v) is 5.83. The van der Waals surface area contributed by atoms with Gasteiger partial charge < -0.3 is 5.73 Å². The lowest BCUT2D eigenvalue weighted by Gasteiger charge is -2.26. The normalized spacial score (nSPS) is 26.8. The van der Waals surface area contributed by atoms with E-state index >= 15 is 0 Å². The number of rotatable bonds is 7. The average Bonchev–Trinajstić information content (AvgIpc) is 2.34. The second kappa shape index (κ2) is 7.86. The highest BCUT2D eigenvalue weighted by Gasteiger charge is 2.24. The van der Waals surface area contributed by atoms with Crippen molar-refractivity contribution < 1.29 is 4.79 Å². The van der Waals surface area contributed by atoms with Crippen LogP contribution >= 0.6 is 0 Å². The van der Waals surface area contributed by atoms with Gasteiger partial charge in [-0.2, -0.15) is 0 Å². The minimum atomic E-state index is 0.370. The summed E-state index contributed by atoms with van der Waals surface area (Å²) in [4.78, 5) is 12.1. The summed E-state index contributed by atoms with van der Waals surface area (Å²) < 4.78 is 0. The van der Waals surface area contributed by atoms with E-state index in [-0.39, 0.29) is 0 Å². The SMILES string of the molecule is CCC(CCN)CCC(=O)C1CCCC(C)C1. The Morgan fingerprint density at radius 1 is 1.35 bits per heavy atom. The standard InChI is InChI=1S/C15H29NO/c1-3-13(9-10-16)7-8-15(17)14-6-4-5-12(2)11-14/h12-14H,3-11,16H2,1-2H3. The molecule has 1 rings (SSSR count). The number of Topliss-reactive ketones (excluding diaryl/α,β-unsaturated/α-hetero) is 1. The van der Waals surface area contributed by atoms with Crippen molar-refractivity contribution in [3.05, 3.63) is 0 Å². The van der Waals surface area contributed by atoms with Gasteiger partial charge in [0.05, 0.1) is 0 Å². The van der Waals surface area contributed by atoms with Gasteiger partial charge in [0, 0.05) is 12.3 Å². The second-order valence-electron chi connectivity index (χ2n) is 5.83. The molecule has 1 saturated carbocycles. The van der Waals surface area contributed by atoms with E-state index in [2.05, 4.69) is 13.8 Å². The Morgan fingerprint density at radius 2 is 2.12 bits per heavy atom. The van der Waals surface area contributed by atoms with E-state index in [1.807, 2.05) is 0 Å². The van der Waals surface area contributed by atoms with Crippen LogP contribution < -0.4 is 5.73 Å². The van der Waals surface area contributed by atoms with Gasteiger partial charge in [-0.1, -0.05) is 33.1 Å². The van der Waals surface area contributed by atoms with Crippen LogP contribution in [0.4, 0.5) is 0 Å². The maximum absolute atomic E-state index is 12.1. The van der Waals surface area contributed by atoms with Crippen molar-refractivity contribution in [2.45, 2.75) is 65.2 Å². The molecular weight excluding hydrogens is 210 g/mol. The van der Waals surface area contributed by atoms with E-state index in [9.17, 15) is 4.79 Å². The smallest absolute Gasteiger partial charge is 0.135 e. The fourth-order valence-corrected chi connectivity index (χ4v) is 3.07. The quantitative estimate of drug-likeness (QED) is 0.738. The monoisotopic (exact) mass is 239 g/mol. The molecule has 2 N–H and O–H groups in total. The summed E-state index contributed by atoms with van der Waals surface area (Å²) in [6.45, 7) is 5.24. The summed E-state index contributed by atoms with van der Waals surface area (Å²) in [6.07, 6.45) is 8.90. The Labute approximate surface area is 106 Å². The summed E-state index contributed by atoms with van der Waals surface area (Å²) in [5.74, 6) is 2.30. The van der Waals surface area contributed by atoms with Crippen LogP contribution in [-0.4, -0.2) is 12.3 Å². The number of hydrogen-bond donors (Lipinski definition) is 1. The molecule has 0 aromatic rings. The van der Waals surface area contributed by atoms with Gasteiger partial charge in [0.25, 0.3) is 0 Å². The van der Waals surface area contributed by atoms with E-state index in [1.165, 1.54) is 12.8 Å². The summed E-state index contributed by atoms with van der Waals surface area (Å²) in [7, 11) is 0. The zero-order valence-corrected chi connectivity index (χ0v) is 11.6. The number of carbonyl (C=O) groups is 1. The molecule has 100 valence electrons. The molecule has 3 unspecified atom stereocenters. The molecule has 2 nitrogen and oxygen atoms in total. The summed E-state index contributed by atoms with van der Waals surface area (Å²) in [5.41, 5.74) is 5.59. The third-order valence-corrected chi connectivity index (χ3v) is 4.34. The molecule has 0 radical (unpaired) electrons. The van der Waals surface area contributed by atoms with Crippen LogP contribution in [0.5, 0.6) is 0 Å². The van der Waals surface area contributed by atoms with Gasteiger partial charge in [0.15, 0.2) is 0 Å². The highest BCUT2D eigenvalue weighted by Crippen LogP contribution is 2.30. The molecule has 0 spiro atoms. The Morgan fingerprint density at radius 3 is 2.71 bits per heavy atom. The fraction of sp³-hybridized carbons (Fsp3) is 0.933. The Hall–Kier alpha value is -0.370. The molecule has 3 atom stereocenters. The Kier molecular flexibility index (Phi) is 6.79. The molecule has 0 bridgehead atoms. The number of carbonyl (C=O) groups excluding carboxylic acids is 1. The van der Waals surface area contributed by atoms with Gasteiger partial charge in [-0.05, 0) is 44.1 Å². The average molecular weight is 239 g/mol. The summed E-state index contributed by atoms with van der Waals surface area (Å²) in [6, 6.07) is 0. The first-order valence-electron chi connectivity index (χ1n) is 7.40. The lowest BCUT2D eigenvalue weighted by atomic mass is 9.78. The molecule has 1 fully saturated rings. The Balaban J connectivity index is 2.28. The van der Waals surface area contributed by atoms with Crippen LogP contribution in [0, 0.1) is 17.8 Å². The zero-order valence-electron chi connectivity index (χ0n) is 11.6. The predicted molar refractivity (Wildman–Crippen MR) is 72.8 cm³/mol. The third-order valence-electron chi connectivity index (χ3n) is 4.34. The van der Waals surface area contributed by atoms with E-state index in [0.717, 1.165) is 51.0 Å². The highest BCUT2D eigenvalue weighted by atomic mass is 16.1. The van der Waals surface area contributed by atoms with Crippen LogP contribution in [0.1, 0.15) is 65.2 Å². The van der Waals surface area contributed by atoms with Gasteiger partial charge >= 0.3 is 0 Å². The predicted octanol–water partition coefficient (Wildman–Crippen LogP) is 3.54. The summed E-state index contributed by atoms with van der Waals surface area (Å²) in [5, 5.41) is 0. The first-order valence-corrected chi connectivity index (χ1v) is 7.40. The number of nitrogens with two attached hydrogens (primary N) is 1. The van der Waals surface area contributed by atoms with Crippen molar-refractivity contribution in [2.75, 3.05) is 6.54 Å². The lowest BCUT2D eigenvalue weighted by Crippen LogP contribution is -2.22. The molecular formula is C15H29NO.